The van der Waals surface area contributed by atoms with Crippen LogP contribution in [-0.2, 0) is 4.74 Å². The van der Waals surface area contributed by atoms with E-state index >= 15 is 0 Å². The van der Waals surface area contributed by atoms with Gasteiger partial charge in [0.2, 0.25) is 5.95 Å². The van der Waals surface area contributed by atoms with Gasteiger partial charge in [-0.2, -0.15) is 4.98 Å². The van der Waals surface area contributed by atoms with Crippen LogP contribution in [0.2, 0.25) is 0 Å². The van der Waals surface area contributed by atoms with E-state index in [1.165, 1.54) is 12.8 Å². The van der Waals surface area contributed by atoms with Gasteiger partial charge >= 0.3 is 0 Å². The molecule has 0 bridgehead atoms. The highest BCUT2D eigenvalue weighted by atomic mass is 16.5. The molecule has 4 rings (SSSR count). The minimum Gasteiger partial charge on any atom is -0.381 e. The molecule has 6 nitrogen and oxygen atoms in total. The summed E-state index contributed by atoms with van der Waals surface area (Å²) in [7, 11) is 0. The minimum atomic E-state index is 0.407. The molecule has 19 heavy (non-hydrogen) atoms. The molecular weight excluding hydrogens is 242 g/mol. The zero-order valence-corrected chi connectivity index (χ0v) is 11.1. The average Bonchev–Trinajstić information content (AvgIpc) is 3.17. The molecule has 3 aliphatic rings. The van der Waals surface area contributed by atoms with Gasteiger partial charge in [-0.3, -0.25) is 5.10 Å². The third-order valence-electron chi connectivity index (χ3n) is 4.69. The molecule has 4 heterocycles. The van der Waals surface area contributed by atoms with Crippen LogP contribution in [0.1, 0.15) is 31.0 Å². The summed E-state index contributed by atoms with van der Waals surface area (Å²) in [4.78, 5) is 7.01. The van der Waals surface area contributed by atoms with Crippen molar-refractivity contribution in [2.24, 2.45) is 5.92 Å². The van der Waals surface area contributed by atoms with Gasteiger partial charge in [0.05, 0.1) is 6.61 Å². The summed E-state index contributed by atoms with van der Waals surface area (Å²) < 4.78 is 5.41. The van der Waals surface area contributed by atoms with Crippen molar-refractivity contribution in [3.05, 3.63) is 5.82 Å². The predicted octanol–water partition coefficient (Wildman–Crippen LogP) is 0.497. The molecule has 3 saturated heterocycles. The van der Waals surface area contributed by atoms with Gasteiger partial charge in [-0.25, -0.2) is 0 Å². The Morgan fingerprint density at radius 3 is 3.11 bits per heavy atom. The van der Waals surface area contributed by atoms with E-state index in [0.717, 1.165) is 57.0 Å². The Morgan fingerprint density at radius 1 is 1.26 bits per heavy atom. The molecule has 0 spiro atoms. The van der Waals surface area contributed by atoms with Crippen molar-refractivity contribution in [3.63, 3.8) is 0 Å². The maximum Gasteiger partial charge on any atom is 0.244 e. The first kappa shape index (κ1) is 11.7. The summed E-state index contributed by atoms with van der Waals surface area (Å²) in [5, 5.41) is 11.1. The van der Waals surface area contributed by atoms with E-state index in [9.17, 15) is 0 Å². The van der Waals surface area contributed by atoms with Crippen LogP contribution < -0.4 is 10.2 Å². The van der Waals surface area contributed by atoms with E-state index in [4.69, 9.17) is 4.74 Å². The van der Waals surface area contributed by atoms with Gasteiger partial charge < -0.3 is 15.0 Å². The topological polar surface area (TPSA) is 66.1 Å². The molecule has 104 valence electrons. The van der Waals surface area contributed by atoms with Crippen LogP contribution >= 0.6 is 0 Å². The number of H-pyrrole nitrogens is 1. The Balaban J connectivity index is 1.47. The summed E-state index contributed by atoms with van der Waals surface area (Å²) in [6, 6.07) is 0.630. The van der Waals surface area contributed by atoms with Crippen molar-refractivity contribution in [1.82, 2.24) is 20.5 Å². The van der Waals surface area contributed by atoms with Gasteiger partial charge in [0, 0.05) is 31.7 Å². The first-order chi connectivity index (χ1) is 9.40. The molecule has 3 aliphatic heterocycles. The van der Waals surface area contributed by atoms with Gasteiger partial charge in [0.15, 0.2) is 0 Å². The molecule has 6 heteroatoms. The monoisotopic (exact) mass is 263 g/mol. The lowest BCUT2D eigenvalue weighted by Gasteiger charge is -2.24. The van der Waals surface area contributed by atoms with Crippen molar-refractivity contribution >= 4 is 5.95 Å². The Labute approximate surface area is 112 Å². The van der Waals surface area contributed by atoms with E-state index in [-0.39, 0.29) is 0 Å². The van der Waals surface area contributed by atoms with Crippen LogP contribution in [0.5, 0.6) is 0 Å². The van der Waals surface area contributed by atoms with Gasteiger partial charge in [-0.15, -0.1) is 5.10 Å². The number of nitrogens with zero attached hydrogens (tertiary/aromatic N) is 3. The Morgan fingerprint density at radius 2 is 2.26 bits per heavy atom. The fraction of sp³-hybridized carbons (Fsp3) is 0.846. The molecule has 1 aromatic rings. The van der Waals surface area contributed by atoms with E-state index < -0.39 is 0 Å². The number of rotatable bonds is 2. The van der Waals surface area contributed by atoms with Crippen molar-refractivity contribution < 1.29 is 4.74 Å². The molecule has 1 aromatic heterocycles. The van der Waals surface area contributed by atoms with E-state index in [1.807, 2.05) is 0 Å². The number of nitrogens with one attached hydrogen (secondary N) is 2. The molecule has 0 saturated carbocycles. The maximum atomic E-state index is 5.41. The highest BCUT2D eigenvalue weighted by molar-refractivity contribution is 5.33. The standard InChI is InChI=1S/C13H21N5O/c1-2-9-6-18(7-11(9)14-4-1)13-15-12(16-17-13)10-3-5-19-8-10/h9-11,14H,1-8H2,(H,15,16,17). The molecule has 0 amide bonds. The molecule has 3 atom stereocenters. The lowest BCUT2D eigenvalue weighted by atomic mass is 9.94. The molecule has 0 aromatic carbocycles. The number of aromatic nitrogens is 3. The van der Waals surface area contributed by atoms with Crippen LogP contribution in [0.3, 0.4) is 0 Å². The third-order valence-corrected chi connectivity index (χ3v) is 4.69. The number of hydrogen-bond acceptors (Lipinski definition) is 5. The predicted molar refractivity (Wildman–Crippen MR) is 71.3 cm³/mol. The van der Waals surface area contributed by atoms with Crippen LogP contribution in [0.15, 0.2) is 0 Å². The Bertz CT molecular complexity index is 428. The van der Waals surface area contributed by atoms with Crippen molar-refractivity contribution in [1.29, 1.82) is 0 Å². The molecule has 3 fully saturated rings. The summed E-state index contributed by atoms with van der Waals surface area (Å²) >= 11 is 0. The second-order valence-corrected chi connectivity index (χ2v) is 5.95. The largest absolute Gasteiger partial charge is 0.381 e. The summed E-state index contributed by atoms with van der Waals surface area (Å²) in [6.45, 7) is 4.92. The SMILES string of the molecule is C1CNC2CN(c3n[nH]c(C4CCOC4)n3)CC2C1. The van der Waals surface area contributed by atoms with Gasteiger partial charge in [-0.1, -0.05) is 0 Å². The van der Waals surface area contributed by atoms with Crippen molar-refractivity contribution in [3.8, 4) is 0 Å². The fourth-order valence-electron chi connectivity index (χ4n) is 3.55. The second kappa shape index (κ2) is 4.76. The van der Waals surface area contributed by atoms with Crippen LogP contribution in [-0.4, -0.2) is 54.1 Å². The highest BCUT2D eigenvalue weighted by Gasteiger charge is 2.36. The zero-order chi connectivity index (χ0) is 12.7. The number of ether oxygens (including phenoxy) is 1. The molecule has 0 aliphatic carbocycles. The van der Waals surface area contributed by atoms with Crippen molar-refractivity contribution in [2.45, 2.75) is 31.2 Å². The average molecular weight is 263 g/mol. The summed E-state index contributed by atoms with van der Waals surface area (Å²) in [6.07, 6.45) is 3.69. The summed E-state index contributed by atoms with van der Waals surface area (Å²) in [5.74, 6) is 3.04. The Hall–Kier alpha value is -1.14. The highest BCUT2D eigenvalue weighted by Crippen LogP contribution is 2.29. The lowest BCUT2D eigenvalue weighted by molar-refractivity contribution is 0.193. The van der Waals surface area contributed by atoms with Crippen LogP contribution in [0.25, 0.3) is 0 Å². The van der Waals surface area contributed by atoms with E-state index in [0.29, 0.717) is 12.0 Å². The first-order valence-corrected chi connectivity index (χ1v) is 7.38. The molecule has 2 N–H and O–H groups in total. The van der Waals surface area contributed by atoms with Gasteiger partial charge in [-0.05, 0) is 31.7 Å². The first-order valence-electron chi connectivity index (χ1n) is 7.38. The van der Waals surface area contributed by atoms with Gasteiger partial charge in [0.1, 0.15) is 5.82 Å². The van der Waals surface area contributed by atoms with E-state index in [2.05, 4.69) is 25.4 Å². The number of fused-ring (bicyclic) bond motifs is 1. The Kier molecular flexibility index (Phi) is 2.92. The van der Waals surface area contributed by atoms with Crippen LogP contribution in [0.4, 0.5) is 5.95 Å². The second-order valence-electron chi connectivity index (χ2n) is 5.95. The van der Waals surface area contributed by atoms with Gasteiger partial charge in [0.25, 0.3) is 0 Å². The number of aromatic amines is 1. The smallest absolute Gasteiger partial charge is 0.244 e. The van der Waals surface area contributed by atoms with Crippen LogP contribution in [0, 0.1) is 5.92 Å². The zero-order valence-electron chi connectivity index (χ0n) is 11.1. The number of hydrogen-bond donors (Lipinski definition) is 2. The maximum absolute atomic E-state index is 5.41. The quantitative estimate of drug-likeness (QED) is 0.813. The fourth-order valence-corrected chi connectivity index (χ4v) is 3.55. The molecule has 0 radical (unpaired) electrons. The third kappa shape index (κ3) is 2.12. The van der Waals surface area contributed by atoms with E-state index in [1.54, 1.807) is 0 Å². The number of anilines is 1. The summed E-state index contributed by atoms with van der Waals surface area (Å²) in [5.41, 5.74) is 0. The van der Waals surface area contributed by atoms with Crippen molar-refractivity contribution in [2.75, 3.05) is 37.7 Å². The minimum absolute atomic E-state index is 0.407. The molecule has 3 unspecified atom stereocenters. The number of piperidine rings is 1. The normalized spacial score (nSPS) is 34.7. The molecular formula is C13H21N5O. The lowest BCUT2D eigenvalue weighted by Crippen LogP contribution is -2.40.